The first-order valence-electron chi connectivity index (χ1n) is 6.53. The molecule has 0 saturated heterocycles. The minimum atomic E-state index is -3.13. The highest BCUT2D eigenvalue weighted by Gasteiger charge is 2.29. The molecule has 0 bridgehead atoms. The van der Waals surface area contributed by atoms with Crippen LogP contribution in [0.25, 0.3) is 0 Å². The van der Waals surface area contributed by atoms with E-state index in [0.29, 0.717) is 31.0 Å². The maximum absolute atomic E-state index is 11.6. The van der Waals surface area contributed by atoms with Crippen LogP contribution in [0.4, 0.5) is 0 Å². The molecule has 0 aliphatic carbocycles. The van der Waals surface area contributed by atoms with E-state index in [2.05, 4.69) is 5.32 Å². The van der Waals surface area contributed by atoms with Crippen LogP contribution in [-0.2, 0) is 16.4 Å². The molecular formula is C14H23NO4S. The van der Waals surface area contributed by atoms with E-state index in [-0.39, 0.29) is 5.75 Å². The molecule has 20 heavy (non-hydrogen) atoms. The normalized spacial score (nSPS) is 12.4. The maximum atomic E-state index is 11.6. The second kappa shape index (κ2) is 6.45. The van der Waals surface area contributed by atoms with Gasteiger partial charge in [0.25, 0.3) is 0 Å². The van der Waals surface area contributed by atoms with Gasteiger partial charge in [0.1, 0.15) is 0 Å². The Bertz CT molecular complexity index is 552. The molecule has 0 saturated carbocycles. The van der Waals surface area contributed by atoms with Crippen molar-refractivity contribution in [1.29, 1.82) is 0 Å². The van der Waals surface area contributed by atoms with Crippen LogP contribution in [0.5, 0.6) is 11.5 Å². The summed E-state index contributed by atoms with van der Waals surface area (Å²) in [6, 6.07) is 5.27. The van der Waals surface area contributed by atoms with Crippen LogP contribution < -0.4 is 10.1 Å². The van der Waals surface area contributed by atoms with Crippen molar-refractivity contribution in [1.82, 2.24) is 5.32 Å². The smallest absolute Gasteiger partial charge is 0.162 e. The number of hydrogen-bond donors (Lipinski definition) is 2. The fourth-order valence-electron chi connectivity index (χ4n) is 1.61. The van der Waals surface area contributed by atoms with Gasteiger partial charge in [-0.05, 0) is 26.8 Å². The van der Waals surface area contributed by atoms with E-state index < -0.39 is 14.6 Å². The predicted molar refractivity (Wildman–Crippen MR) is 79.9 cm³/mol. The minimum Gasteiger partial charge on any atom is -0.504 e. The number of ether oxygens (including phenoxy) is 1. The number of para-hydroxylation sites is 1. The van der Waals surface area contributed by atoms with Gasteiger partial charge in [0.05, 0.1) is 11.4 Å². The van der Waals surface area contributed by atoms with E-state index >= 15 is 0 Å². The van der Waals surface area contributed by atoms with Crippen molar-refractivity contribution in [3.8, 4) is 11.5 Å². The van der Waals surface area contributed by atoms with E-state index in [1.54, 1.807) is 32.0 Å². The summed E-state index contributed by atoms with van der Waals surface area (Å²) in [4.78, 5) is 0. The van der Waals surface area contributed by atoms with Crippen LogP contribution in [-0.4, -0.2) is 37.7 Å². The van der Waals surface area contributed by atoms with Crippen LogP contribution in [0.3, 0.4) is 0 Å². The third-order valence-corrected chi connectivity index (χ3v) is 5.40. The van der Waals surface area contributed by atoms with Crippen LogP contribution in [0.1, 0.15) is 26.3 Å². The topological polar surface area (TPSA) is 75.6 Å². The molecule has 1 aromatic carbocycles. The molecule has 5 nitrogen and oxygen atoms in total. The van der Waals surface area contributed by atoms with Gasteiger partial charge in [-0.2, -0.15) is 0 Å². The molecule has 0 unspecified atom stereocenters. The third kappa shape index (κ3) is 4.11. The summed E-state index contributed by atoms with van der Waals surface area (Å²) in [5.74, 6) is 0.535. The number of benzene rings is 1. The molecule has 0 radical (unpaired) electrons. The minimum absolute atomic E-state index is 0.0963. The molecule has 6 heteroatoms. The van der Waals surface area contributed by atoms with Gasteiger partial charge in [-0.1, -0.05) is 12.1 Å². The van der Waals surface area contributed by atoms with E-state index in [4.69, 9.17) is 4.74 Å². The van der Waals surface area contributed by atoms with Gasteiger partial charge >= 0.3 is 0 Å². The highest BCUT2D eigenvalue weighted by molar-refractivity contribution is 7.92. The van der Waals surface area contributed by atoms with Gasteiger partial charge in [-0.15, -0.1) is 0 Å². The predicted octanol–water partition coefficient (Wildman–Crippen LogP) is 1.70. The summed E-state index contributed by atoms with van der Waals surface area (Å²) < 4.78 is 27.6. The second-order valence-electron chi connectivity index (χ2n) is 5.33. The Balaban J connectivity index is 2.70. The Kier molecular flexibility index (Phi) is 5.42. The number of nitrogens with one attached hydrogen (secondary N) is 1. The van der Waals surface area contributed by atoms with Gasteiger partial charge < -0.3 is 15.2 Å². The lowest BCUT2D eigenvalue weighted by atomic mass is 10.1. The molecule has 0 aliphatic heterocycles. The molecule has 0 amide bonds. The van der Waals surface area contributed by atoms with Gasteiger partial charge in [0, 0.05) is 24.9 Å². The summed E-state index contributed by atoms with van der Waals surface area (Å²) in [5, 5.41) is 13.1. The van der Waals surface area contributed by atoms with Crippen LogP contribution >= 0.6 is 0 Å². The lowest BCUT2D eigenvalue weighted by Gasteiger charge is -2.23. The zero-order valence-corrected chi connectivity index (χ0v) is 13.3. The molecule has 0 fully saturated rings. The van der Waals surface area contributed by atoms with Crippen LogP contribution in [0.2, 0.25) is 0 Å². The van der Waals surface area contributed by atoms with E-state index in [9.17, 15) is 13.5 Å². The number of rotatable bonds is 7. The summed E-state index contributed by atoms with van der Waals surface area (Å²) in [7, 11) is -3.13. The van der Waals surface area contributed by atoms with Crippen LogP contribution in [0.15, 0.2) is 18.2 Å². The average molecular weight is 301 g/mol. The molecule has 0 spiro atoms. The number of hydrogen-bond acceptors (Lipinski definition) is 5. The van der Waals surface area contributed by atoms with E-state index in [0.717, 1.165) is 0 Å². The van der Waals surface area contributed by atoms with Crippen molar-refractivity contribution in [2.75, 3.05) is 19.4 Å². The Hall–Kier alpha value is -1.27. The van der Waals surface area contributed by atoms with Gasteiger partial charge in [-0.3, -0.25) is 0 Å². The van der Waals surface area contributed by atoms with Crippen molar-refractivity contribution in [2.24, 2.45) is 0 Å². The third-order valence-electron chi connectivity index (χ3n) is 3.25. The van der Waals surface area contributed by atoms with Gasteiger partial charge in [0.2, 0.25) is 0 Å². The van der Waals surface area contributed by atoms with Crippen molar-refractivity contribution in [3.05, 3.63) is 23.8 Å². The average Bonchev–Trinajstić information content (AvgIpc) is 2.32. The first-order chi connectivity index (χ1) is 9.19. The largest absolute Gasteiger partial charge is 0.504 e. The van der Waals surface area contributed by atoms with Crippen molar-refractivity contribution < 1.29 is 18.3 Å². The fraction of sp³-hybridized carbons (Fsp3) is 0.571. The summed E-state index contributed by atoms with van der Waals surface area (Å²) in [6.45, 7) is 6.36. The van der Waals surface area contributed by atoms with Crippen molar-refractivity contribution >= 4 is 9.84 Å². The molecule has 2 N–H and O–H groups in total. The SMILES string of the molecule is CCOc1cccc(CNCC(C)(C)S(C)(=O)=O)c1O. The highest BCUT2D eigenvalue weighted by atomic mass is 32.2. The first kappa shape index (κ1) is 16.8. The molecule has 0 heterocycles. The van der Waals surface area contributed by atoms with E-state index in [1.165, 1.54) is 6.26 Å². The molecular weight excluding hydrogens is 278 g/mol. The Morgan fingerprint density at radius 3 is 2.55 bits per heavy atom. The Morgan fingerprint density at radius 2 is 2.00 bits per heavy atom. The molecule has 0 aromatic heterocycles. The van der Waals surface area contributed by atoms with Crippen molar-refractivity contribution in [2.45, 2.75) is 32.1 Å². The van der Waals surface area contributed by atoms with Crippen molar-refractivity contribution in [3.63, 3.8) is 0 Å². The zero-order valence-electron chi connectivity index (χ0n) is 12.4. The molecule has 1 rings (SSSR count). The lowest BCUT2D eigenvalue weighted by molar-refractivity contribution is 0.316. The Morgan fingerprint density at radius 1 is 1.35 bits per heavy atom. The summed E-state index contributed by atoms with van der Waals surface area (Å²) in [5.41, 5.74) is 0.681. The first-order valence-corrected chi connectivity index (χ1v) is 8.42. The highest BCUT2D eigenvalue weighted by Crippen LogP contribution is 2.29. The zero-order chi connectivity index (χ0) is 15.4. The maximum Gasteiger partial charge on any atom is 0.162 e. The molecule has 114 valence electrons. The Labute approximate surface area is 120 Å². The summed E-state index contributed by atoms with van der Waals surface area (Å²) in [6.07, 6.45) is 1.22. The quantitative estimate of drug-likeness (QED) is 0.802. The van der Waals surface area contributed by atoms with Gasteiger partial charge in [-0.25, -0.2) is 8.42 Å². The fourth-order valence-corrected chi connectivity index (χ4v) is 1.98. The molecule has 0 aliphatic rings. The van der Waals surface area contributed by atoms with Crippen LogP contribution in [0, 0.1) is 0 Å². The number of phenols is 1. The number of phenolic OH excluding ortho intramolecular Hbond substituents is 1. The molecule has 0 atom stereocenters. The second-order valence-corrected chi connectivity index (χ2v) is 7.98. The summed E-state index contributed by atoms with van der Waals surface area (Å²) >= 11 is 0. The number of aromatic hydroxyl groups is 1. The van der Waals surface area contributed by atoms with Gasteiger partial charge in [0.15, 0.2) is 21.3 Å². The molecule has 1 aromatic rings. The monoisotopic (exact) mass is 301 g/mol. The standard InChI is InChI=1S/C14H23NO4S/c1-5-19-12-8-6-7-11(13(12)16)9-15-10-14(2,3)20(4,17)18/h6-8,15-16H,5,9-10H2,1-4H3. The number of sulfone groups is 1. The lowest BCUT2D eigenvalue weighted by Crippen LogP contribution is -2.41. The van der Waals surface area contributed by atoms with E-state index in [1.807, 2.05) is 6.92 Å².